The number of fused-ring (bicyclic) bond motifs is 1. The summed E-state index contributed by atoms with van der Waals surface area (Å²) >= 11 is 0. The summed E-state index contributed by atoms with van der Waals surface area (Å²) in [5, 5.41) is 16.4. The Morgan fingerprint density at radius 1 is 1.24 bits per heavy atom. The Morgan fingerprint density at radius 3 is 2.72 bits per heavy atom. The minimum absolute atomic E-state index is 0.0852. The summed E-state index contributed by atoms with van der Waals surface area (Å²) in [5.41, 5.74) is 2.55. The number of aryl methyl sites for hydroxylation is 1. The Hall–Kier alpha value is -3.67. The van der Waals surface area contributed by atoms with E-state index in [1.807, 2.05) is 6.07 Å². The summed E-state index contributed by atoms with van der Waals surface area (Å²) in [7, 11) is 0. The molecule has 9 heteroatoms. The zero-order valence-corrected chi connectivity index (χ0v) is 13.0. The molecule has 0 amide bonds. The van der Waals surface area contributed by atoms with E-state index >= 15 is 0 Å². The van der Waals surface area contributed by atoms with Crippen molar-refractivity contribution >= 4 is 11.0 Å². The Kier molecular flexibility index (Phi) is 3.43. The molecule has 122 valence electrons. The quantitative estimate of drug-likeness (QED) is 0.565. The average Bonchev–Trinajstić information content (AvgIpc) is 3.20. The van der Waals surface area contributed by atoms with Crippen LogP contribution in [-0.2, 0) is 6.54 Å². The number of hydrogen-bond acceptors (Lipinski definition) is 7. The number of imidazole rings is 1. The van der Waals surface area contributed by atoms with Crippen molar-refractivity contribution in [3.8, 4) is 17.6 Å². The molecule has 0 aliphatic carbocycles. The lowest BCUT2D eigenvalue weighted by Gasteiger charge is -2.07. The number of hydrogen-bond donors (Lipinski definition) is 0. The van der Waals surface area contributed by atoms with Gasteiger partial charge in [-0.25, -0.2) is 24.0 Å². The number of halogens is 1. The molecule has 0 spiro atoms. The number of aromatic nitrogens is 6. The third-order valence-corrected chi connectivity index (χ3v) is 3.74. The molecule has 3 heterocycles. The molecule has 0 atom stereocenters. The van der Waals surface area contributed by atoms with E-state index in [-0.39, 0.29) is 11.3 Å². The fourth-order valence-electron chi connectivity index (χ4n) is 2.56. The lowest BCUT2D eigenvalue weighted by molar-refractivity contribution is 0.305. The van der Waals surface area contributed by atoms with Gasteiger partial charge in [-0.1, -0.05) is 11.2 Å². The van der Waals surface area contributed by atoms with Gasteiger partial charge in [-0.2, -0.15) is 5.26 Å². The molecule has 0 radical (unpaired) electrons. The molecule has 1 aromatic carbocycles. The van der Waals surface area contributed by atoms with Gasteiger partial charge in [0, 0.05) is 18.0 Å². The van der Waals surface area contributed by atoms with Gasteiger partial charge in [-0.15, -0.1) is 0 Å². The first-order chi connectivity index (χ1) is 12.2. The lowest BCUT2D eigenvalue weighted by Crippen LogP contribution is -2.04. The number of para-hydroxylation sites is 1. The molecule has 0 fully saturated rings. The highest BCUT2D eigenvalue weighted by molar-refractivity contribution is 5.81. The summed E-state index contributed by atoms with van der Waals surface area (Å²) < 4.78 is 20.7. The smallest absolute Gasteiger partial charge is 0.232 e. The number of rotatable bonds is 3. The molecule has 0 saturated carbocycles. The summed E-state index contributed by atoms with van der Waals surface area (Å²) in [5.74, 6) is 0.0907. The van der Waals surface area contributed by atoms with Crippen LogP contribution < -0.4 is 0 Å². The predicted molar refractivity (Wildman–Crippen MR) is 83.6 cm³/mol. The fraction of sp³-hybridized carbons (Fsp3) is 0.125. The normalized spacial score (nSPS) is 10.9. The van der Waals surface area contributed by atoms with Gasteiger partial charge in [0.05, 0.1) is 12.1 Å². The number of nitriles is 1. The van der Waals surface area contributed by atoms with Crippen LogP contribution in [0.15, 0.2) is 35.2 Å². The summed E-state index contributed by atoms with van der Waals surface area (Å²) in [6.45, 7) is 2.06. The molecule has 0 aliphatic rings. The second kappa shape index (κ2) is 5.76. The van der Waals surface area contributed by atoms with Crippen LogP contribution in [0.3, 0.4) is 0 Å². The maximum Gasteiger partial charge on any atom is 0.232 e. The van der Waals surface area contributed by atoms with Gasteiger partial charge < -0.3 is 4.57 Å². The maximum atomic E-state index is 14.2. The van der Waals surface area contributed by atoms with Crippen LogP contribution >= 0.6 is 0 Å². The van der Waals surface area contributed by atoms with Crippen molar-refractivity contribution < 1.29 is 9.02 Å². The van der Waals surface area contributed by atoms with Crippen molar-refractivity contribution in [2.75, 3.05) is 0 Å². The molecule has 0 unspecified atom stereocenters. The lowest BCUT2D eigenvalue weighted by atomic mass is 10.2. The van der Waals surface area contributed by atoms with Gasteiger partial charge >= 0.3 is 0 Å². The standard InChI is InChI=1S/C16H10FN7O/c1-9-14(23-25-22-9)16-21-15-11(17)3-2-4-12(15)24(16)8-10-6-19-13(5-18)20-7-10/h2-4,6-7H,8H2,1H3. The van der Waals surface area contributed by atoms with Gasteiger partial charge in [0.1, 0.15) is 17.3 Å². The highest BCUT2D eigenvalue weighted by atomic mass is 19.1. The molecule has 0 bridgehead atoms. The van der Waals surface area contributed by atoms with Crippen LogP contribution in [0.1, 0.15) is 17.1 Å². The SMILES string of the molecule is Cc1nonc1-c1nc2c(F)cccc2n1Cc1cnc(C#N)nc1. The Balaban J connectivity index is 1.90. The summed E-state index contributed by atoms with van der Waals surface area (Å²) in [6, 6.07) is 6.60. The minimum atomic E-state index is -0.428. The van der Waals surface area contributed by atoms with E-state index in [4.69, 9.17) is 9.89 Å². The molecule has 3 aromatic heterocycles. The van der Waals surface area contributed by atoms with Crippen LogP contribution in [0.5, 0.6) is 0 Å². The summed E-state index contributed by atoms with van der Waals surface area (Å²) in [6.07, 6.45) is 3.10. The molecule has 0 aliphatic heterocycles. The first-order valence-corrected chi connectivity index (χ1v) is 7.32. The zero-order valence-electron chi connectivity index (χ0n) is 13.0. The van der Waals surface area contributed by atoms with Crippen molar-refractivity contribution in [3.05, 3.63) is 53.5 Å². The van der Waals surface area contributed by atoms with Gasteiger partial charge in [-0.05, 0) is 24.2 Å². The van der Waals surface area contributed by atoms with Crippen molar-refractivity contribution in [3.63, 3.8) is 0 Å². The van der Waals surface area contributed by atoms with E-state index in [1.54, 1.807) is 36.0 Å². The Labute approximate surface area is 140 Å². The second-order valence-electron chi connectivity index (χ2n) is 5.35. The van der Waals surface area contributed by atoms with Crippen molar-refractivity contribution in [1.29, 1.82) is 5.26 Å². The monoisotopic (exact) mass is 335 g/mol. The third-order valence-electron chi connectivity index (χ3n) is 3.74. The first-order valence-electron chi connectivity index (χ1n) is 7.32. The molecule has 0 N–H and O–H groups in total. The molecule has 8 nitrogen and oxygen atoms in total. The third kappa shape index (κ3) is 2.49. The van der Waals surface area contributed by atoms with Gasteiger partial charge in [-0.3, -0.25) is 0 Å². The Morgan fingerprint density at radius 2 is 2.04 bits per heavy atom. The molecule has 25 heavy (non-hydrogen) atoms. The minimum Gasteiger partial charge on any atom is -0.318 e. The number of nitrogens with zero attached hydrogens (tertiary/aromatic N) is 7. The van der Waals surface area contributed by atoms with E-state index in [2.05, 4.69) is 25.3 Å². The molecular formula is C16H10FN7O. The largest absolute Gasteiger partial charge is 0.318 e. The van der Waals surface area contributed by atoms with Crippen LogP contribution in [0.25, 0.3) is 22.6 Å². The van der Waals surface area contributed by atoms with Crippen LogP contribution in [0, 0.1) is 24.1 Å². The van der Waals surface area contributed by atoms with Gasteiger partial charge in [0.25, 0.3) is 0 Å². The van der Waals surface area contributed by atoms with Crippen LogP contribution in [0.2, 0.25) is 0 Å². The van der Waals surface area contributed by atoms with Crippen LogP contribution in [0.4, 0.5) is 4.39 Å². The maximum absolute atomic E-state index is 14.2. The second-order valence-corrected chi connectivity index (χ2v) is 5.35. The zero-order chi connectivity index (χ0) is 17.4. The van der Waals surface area contributed by atoms with Crippen molar-refractivity contribution in [2.24, 2.45) is 0 Å². The molecule has 4 rings (SSSR count). The molecule has 4 aromatic rings. The van der Waals surface area contributed by atoms with Crippen molar-refractivity contribution in [1.82, 2.24) is 29.8 Å². The molecular weight excluding hydrogens is 325 g/mol. The fourth-order valence-corrected chi connectivity index (χ4v) is 2.56. The van der Waals surface area contributed by atoms with E-state index in [0.29, 0.717) is 29.3 Å². The number of benzene rings is 1. The predicted octanol–water partition coefficient (Wildman–Crippen LogP) is 2.24. The van der Waals surface area contributed by atoms with E-state index < -0.39 is 5.82 Å². The highest BCUT2D eigenvalue weighted by Crippen LogP contribution is 2.27. The van der Waals surface area contributed by atoms with Crippen molar-refractivity contribution in [2.45, 2.75) is 13.5 Å². The van der Waals surface area contributed by atoms with E-state index in [0.717, 1.165) is 5.56 Å². The van der Waals surface area contributed by atoms with Crippen LogP contribution in [-0.4, -0.2) is 29.8 Å². The summed E-state index contributed by atoms with van der Waals surface area (Å²) in [4.78, 5) is 12.3. The van der Waals surface area contributed by atoms with Gasteiger partial charge in [0.2, 0.25) is 5.82 Å². The highest BCUT2D eigenvalue weighted by Gasteiger charge is 2.20. The first kappa shape index (κ1) is 14.9. The Bertz CT molecular complexity index is 1110. The van der Waals surface area contributed by atoms with Gasteiger partial charge in [0.15, 0.2) is 17.3 Å². The topological polar surface area (TPSA) is 106 Å². The molecule has 0 saturated heterocycles. The van der Waals surface area contributed by atoms with E-state index in [9.17, 15) is 4.39 Å². The average molecular weight is 335 g/mol. The van der Waals surface area contributed by atoms with E-state index in [1.165, 1.54) is 6.07 Å².